The molecule has 2 heteroatoms. The number of fused-ring (bicyclic) bond motifs is 1. The SMILES string of the molecule is CCC(C)N1CCNCc2cccc(C)c21. The first-order valence-electron chi connectivity index (χ1n) is 6.30. The average molecular weight is 218 g/mol. The Morgan fingerprint density at radius 3 is 3.00 bits per heavy atom. The van der Waals surface area contributed by atoms with Gasteiger partial charge in [-0.1, -0.05) is 25.1 Å². The van der Waals surface area contributed by atoms with Gasteiger partial charge in [0.1, 0.15) is 0 Å². The van der Waals surface area contributed by atoms with Crippen LogP contribution in [0.1, 0.15) is 31.4 Å². The van der Waals surface area contributed by atoms with Crippen molar-refractivity contribution in [2.45, 2.75) is 39.8 Å². The first-order chi connectivity index (χ1) is 7.74. The minimum absolute atomic E-state index is 0.625. The Bertz CT molecular complexity index is 360. The second kappa shape index (κ2) is 4.88. The number of aryl methyl sites for hydroxylation is 1. The Kier molecular flexibility index (Phi) is 3.49. The van der Waals surface area contributed by atoms with E-state index >= 15 is 0 Å². The highest BCUT2D eigenvalue weighted by Crippen LogP contribution is 2.28. The Hall–Kier alpha value is -1.02. The minimum atomic E-state index is 0.625. The summed E-state index contributed by atoms with van der Waals surface area (Å²) >= 11 is 0. The lowest BCUT2D eigenvalue weighted by Crippen LogP contribution is -2.36. The molecule has 0 saturated heterocycles. The zero-order chi connectivity index (χ0) is 11.5. The van der Waals surface area contributed by atoms with Crippen LogP contribution in [0.2, 0.25) is 0 Å². The van der Waals surface area contributed by atoms with E-state index in [0.29, 0.717) is 6.04 Å². The van der Waals surface area contributed by atoms with Crippen molar-refractivity contribution in [1.82, 2.24) is 5.32 Å². The summed E-state index contributed by atoms with van der Waals surface area (Å²) in [4.78, 5) is 2.56. The van der Waals surface area contributed by atoms with E-state index in [1.54, 1.807) is 0 Å². The molecule has 1 N–H and O–H groups in total. The van der Waals surface area contributed by atoms with Crippen molar-refractivity contribution in [2.75, 3.05) is 18.0 Å². The van der Waals surface area contributed by atoms with Crippen molar-refractivity contribution in [3.63, 3.8) is 0 Å². The number of rotatable bonds is 2. The summed E-state index contributed by atoms with van der Waals surface area (Å²) in [5.74, 6) is 0. The van der Waals surface area contributed by atoms with Crippen molar-refractivity contribution in [3.8, 4) is 0 Å². The highest BCUT2D eigenvalue weighted by Gasteiger charge is 2.20. The van der Waals surface area contributed by atoms with Crippen LogP contribution in [0.3, 0.4) is 0 Å². The molecule has 0 bridgehead atoms. The number of anilines is 1. The molecule has 1 atom stereocenters. The van der Waals surface area contributed by atoms with Gasteiger partial charge in [0.15, 0.2) is 0 Å². The highest BCUT2D eigenvalue weighted by molar-refractivity contribution is 5.60. The average Bonchev–Trinajstić information content (AvgIpc) is 2.51. The van der Waals surface area contributed by atoms with Crippen molar-refractivity contribution in [2.24, 2.45) is 0 Å². The number of nitrogens with one attached hydrogen (secondary N) is 1. The van der Waals surface area contributed by atoms with Gasteiger partial charge in [-0.3, -0.25) is 0 Å². The molecule has 0 radical (unpaired) electrons. The van der Waals surface area contributed by atoms with Gasteiger partial charge in [-0.05, 0) is 31.4 Å². The molecule has 1 aliphatic heterocycles. The van der Waals surface area contributed by atoms with E-state index in [2.05, 4.69) is 49.2 Å². The van der Waals surface area contributed by atoms with E-state index < -0.39 is 0 Å². The third kappa shape index (κ3) is 2.07. The van der Waals surface area contributed by atoms with Crippen molar-refractivity contribution < 1.29 is 0 Å². The third-order valence-corrected chi connectivity index (χ3v) is 3.58. The van der Waals surface area contributed by atoms with E-state index in [9.17, 15) is 0 Å². The van der Waals surface area contributed by atoms with E-state index in [-0.39, 0.29) is 0 Å². The smallest absolute Gasteiger partial charge is 0.0444 e. The van der Waals surface area contributed by atoms with Crippen LogP contribution in [0.25, 0.3) is 0 Å². The number of hydrogen-bond donors (Lipinski definition) is 1. The summed E-state index contributed by atoms with van der Waals surface area (Å²) < 4.78 is 0. The molecule has 0 aliphatic carbocycles. The predicted molar refractivity (Wildman–Crippen MR) is 70.0 cm³/mol. The molecular weight excluding hydrogens is 196 g/mol. The standard InChI is InChI=1S/C14H22N2/c1-4-12(3)16-9-8-15-10-13-7-5-6-11(2)14(13)16/h5-7,12,15H,4,8-10H2,1-3H3. The normalized spacial score (nSPS) is 17.8. The van der Waals surface area contributed by atoms with Crippen LogP contribution in [0.5, 0.6) is 0 Å². The van der Waals surface area contributed by atoms with Crippen LogP contribution in [-0.2, 0) is 6.54 Å². The van der Waals surface area contributed by atoms with Crippen molar-refractivity contribution >= 4 is 5.69 Å². The molecule has 0 amide bonds. The molecule has 0 spiro atoms. The van der Waals surface area contributed by atoms with Gasteiger partial charge in [0.2, 0.25) is 0 Å². The zero-order valence-electron chi connectivity index (χ0n) is 10.6. The minimum Gasteiger partial charge on any atom is -0.367 e. The Morgan fingerprint density at radius 2 is 2.25 bits per heavy atom. The molecule has 2 rings (SSSR count). The van der Waals surface area contributed by atoms with E-state index in [0.717, 1.165) is 19.6 Å². The summed E-state index contributed by atoms with van der Waals surface area (Å²) in [7, 11) is 0. The summed E-state index contributed by atoms with van der Waals surface area (Å²) in [6, 6.07) is 7.26. The van der Waals surface area contributed by atoms with Crippen LogP contribution >= 0.6 is 0 Å². The molecule has 2 nitrogen and oxygen atoms in total. The third-order valence-electron chi connectivity index (χ3n) is 3.58. The zero-order valence-corrected chi connectivity index (χ0v) is 10.6. The fraction of sp³-hybridized carbons (Fsp3) is 0.571. The molecule has 0 fully saturated rings. The monoisotopic (exact) mass is 218 g/mol. The van der Waals surface area contributed by atoms with Gasteiger partial charge in [0.25, 0.3) is 0 Å². The highest BCUT2D eigenvalue weighted by atomic mass is 15.2. The van der Waals surface area contributed by atoms with Crippen LogP contribution in [0, 0.1) is 6.92 Å². The van der Waals surface area contributed by atoms with Gasteiger partial charge >= 0.3 is 0 Å². The lowest BCUT2D eigenvalue weighted by molar-refractivity contribution is 0.601. The molecule has 1 unspecified atom stereocenters. The molecule has 1 aromatic carbocycles. The molecule has 1 heterocycles. The summed E-state index contributed by atoms with van der Waals surface area (Å²) in [5.41, 5.74) is 4.31. The quantitative estimate of drug-likeness (QED) is 0.821. The number of hydrogen-bond acceptors (Lipinski definition) is 2. The maximum Gasteiger partial charge on any atom is 0.0444 e. The lowest BCUT2D eigenvalue weighted by atomic mass is 10.0. The summed E-state index contributed by atoms with van der Waals surface area (Å²) in [6.07, 6.45) is 1.20. The van der Waals surface area contributed by atoms with Gasteiger partial charge in [-0.25, -0.2) is 0 Å². The molecule has 1 aromatic rings. The van der Waals surface area contributed by atoms with Crippen molar-refractivity contribution in [1.29, 1.82) is 0 Å². The molecule has 1 aliphatic rings. The number of benzene rings is 1. The van der Waals surface area contributed by atoms with E-state index in [1.165, 1.54) is 23.2 Å². The Balaban J connectivity index is 2.42. The molecule has 0 aromatic heterocycles. The van der Waals surface area contributed by atoms with Gasteiger partial charge in [-0.15, -0.1) is 0 Å². The fourth-order valence-corrected chi connectivity index (χ4v) is 2.47. The number of nitrogens with zero attached hydrogens (tertiary/aromatic N) is 1. The second-order valence-electron chi connectivity index (χ2n) is 4.71. The van der Waals surface area contributed by atoms with Crippen LogP contribution < -0.4 is 10.2 Å². The topological polar surface area (TPSA) is 15.3 Å². The van der Waals surface area contributed by atoms with E-state index in [1.807, 2.05) is 0 Å². The van der Waals surface area contributed by atoms with Crippen LogP contribution in [0.4, 0.5) is 5.69 Å². The summed E-state index contributed by atoms with van der Waals surface area (Å²) in [6.45, 7) is 10.0. The largest absolute Gasteiger partial charge is 0.367 e. The van der Waals surface area contributed by atoms with Gasteiger partial charge < -0.3 is 10.2 Å². The van der Waals surface area contributed by atoms with E-state index in [4.69, 9.17) is 0 Å². The van der Waals surface area contributed by atoms with Gasteiger partial charge in [0, 0.05) is 31.4 Å². The van der Waals surface area contributed by atoms with Gasteiger partial charge in [0.05, 0.1) is 0 Å². The van der Waals surface area contributed by atoms with Gasteiger partial charge in [-0.2, -0.15) is 0 Å². The first-order valence-corrected chi connectivity index (χ1v) is 6.30. The molecular formula is C14H22N2. The van der Waals surface area contributed by atoms with Crippen LogP contribution in [-0.4, -0.2) is 19.1 Å². The maximum absolute atomic E-state index is 3.50. The Morgan fingerprint density at radius 1 is 1.44 bits per heavy atom. The number of para-hydroxylation sites is 1. The lowest BCUT2D eigenvalue weighted by Gasteiger charge is -2.32. The summed E-state index contributed by atoms with van der Waals surface area (Å²) in [5, 5.41) is 3.50. The maximum atomic E-state index is 3.50. The molecule has 88 valence electrons. The Labute approximate surface area is 98.7 Å². The molecule has 16 heavy (non-hydrogen) atoms. The molecule has 0 saturated carbocycles. The van der Waals surface area contributed by atoms with Crippen molar-refractivity contribution in [3.05, 3.63) is 29.3 Å². The first kappa shape index (κ1) is 11.5. The second-order valence-corrected chi connectivity index (χ2v) is 4.71. The predicted octanol–water partition coefficient (Wildman–Crippen LogP) is 2.70. The fourth-order valence-electron chi connectivity index (χ4n) is 2.47. The van der Waals surface area contributed by atoms with Crippen LogP contribution in [0.15, 0.2) is 18.2 Å².